The number of rotatable bonds is 5. The molecule has 0 fully saturated rings. The summed E-state index contributed by atoms with van der Waals surface area (Å²) in [5.74, 6) is -1.22. The van der Waals surface area contributed by atoms with Crippen molar-refractivity contribution in [3.63, 3.8) is 0 Å². The molecule has 0 aliphatic heterocycles. The monoisotopic (exact) mass is 363 g/mol. The molecule has 1 amide bonds. The number of carbonyl (C=O) groups excluding carboxylic acids is 1. The summed E-state index contributed by atoms with van der Waals surface area (Å²) in [7, 11) is 0. The molecule has 0 bridgehead atoms. The quantitative estimate of drug-likeness (QED) is 0.546. The molecule has 122 valence electrons. The number of nitrogens with one attached hydrogen (secondary N) is 1. The van der Waals surface area contributed by atoms with Crippen LogP contribution in [0, 0.1) is 15.9 Å². The zero-order valence-electron chi connectivity index (χ0n) is 12.1. The fourth-order valence-electron chi connectivity index (χ4n) is 1.98. The summed E-state index contributed by atoms with van der Waals surface area (Å²) in [6, 6.07) is 6.83. The summed E-state index contributed by atoms with van der Waals surface area (Å²) in [4.78, 5) is 27.5. The third kappa shape index (κ3) is 3.63. The smallest absolute Gasteiger partial charge is 0.271 e. The van der Waals surface area contributed by atoms with Crippen molar-refractivity contribution in [2.24, 2.45) is 0 Å². The van der Waals surface area contributed by atoms with Gasteiger partial charge in [-0.3, -0.25) is 14.9 Å². The van der Waals surface area contributed by atoms with Crippen LogP contribution in [0.2, 0.25) is 0 Å². The number of anilines is 1. The molecule has 3 rings (SSSR count). The van der Waals surface area contributed by atoms with Gasteiger partial charge < -0.3 is 5.32 Å². The van der Waals surface area contributed by atoms with Crippen LogP contribution >= 0.6 is 22.7 Å². The van der Waals surface area contributed by atoms with Crippen molar-refractivity contribution in [2.45, 2.75) is 6.42 Å². The molecule has 3 aromatic rings. The number of benzene rings is 1. The molecule has 0 spiro atoms. The fraction of sp³-hybridized carbons (Fsp3) is 0.0667. The zero-order chi connectivity index (χ0) is 17.1. The number of thiophene rings is 1. The molecule has 1 N–H and O–H groups in total. The van der Waals surface area contributed by atoms with E-state index in [-0.39, 0.29) is 17.8 Å². The average Bonchev–Trinajstić information content (AvgIpc) is 3.20. The van der Waals surface area contributed by atoms with Gasteiger partial charge in [-0.1, -0.05) is 6.07 Å². The number of aromatic nitrogens is 1. The lowest BCUT2D eigenvalue weighted by Gasteiger charge is -2.05. The van der Waals surface area contributed by atoms with E-state index in [1.165, 1.54) is 11.3 Å². The second-order valence-electron chi connectivity index (χ2n) is 4.77. The summed E-state index contributed by atoms with van der Waals surface area (Å²) >= 11 is 2.97. The molecule has 0 aliphatic rings. The maximum absolute atomic E-state index is 13.7. The van der Waals surface area contributed by atoms with Gasteiger partial charge in [-0.25, -0.2) is 9.37 Å². The molecule has 0 radical (unpaired) electrons. The van der Waals surface area contributed by atoms with Gasteiger partial charge in [0.25, 0.3) is 5.69 Å². The average molecular weight is 363 g/mol. The second-order valence-corrected chi connectivity index (χ2v) is 6.57. The van der Waals surface area contributed by atoms with E-state index < -0.39 is 16.6 Å². The van der Waals surface area contributed by atoms with Crippen molar-refractivity contribution in [3.8, 4) is 9.88 Å². The first-order valence-electron chi connectivity index (χ1n) is 6.75. The highest BCUT2D eigenvalue weighted by Crippen LogP contribution is 2.28. The number of nitrogens with zero attached hydrogens (tertiary/aromatic N) is 2. The zero-order valence-corrected chi connectivity index (χ0v) is 13.7. The number of nitro groups is 1. The lowest BCUT2D eigenvalue weighted by molar-refractivity contribution is -0.384. The Morgan fingerprint density at radius 1 is 1.33 bits per heavy atom. The van der Waals surface area contributed by atoms with Crippen LogP contribution in [0.4, 0.5) is 15.8 Å². The number of hydrogen-bond donors (Lipinski definition) is 1. The summed E-state index contributed by atoms with van der Waals surface area (Å²) < 4.78 is 13.7. The molecule has 2 heterocycles. The van der Waals surface area contributed by atoms with Crippen molar-refractivity contribution >= 4 is 40.0 Å². The topological polar surface area (TPSA) is 85.1 Å². The van der Waals surface area contributed by atoms with Crippen LogP contribution in [0.3, 0.4) is 0 Å². The Hall–Kier alpha value is -2.65. The van der Waals surface area contributed by atoms with Gasteiger partial charge in [0.15, 0.2) is 0 Å². The molecule has 0 saturated heterocycles. The van der Waals surface area contributed by atoms with Crippen molar-refractivity contribution in [1.29, 1.82) is 0 Å². The first-order valence-corrected chi connectivity index (χ1v) is 8.51. The number of thiazole rings is 1. The third-order valence-electron chi connectivity index (χ3n) is 3.06. The minimum atomic E-state index is -0.730. The van der Waals surface area contributed by atoms with Crippen LogP contribution < -0.4 is 5.32 Å². The highest BCUT2D eigenvalue weighted by atomic mass is 32.1. The Labute approximate surface area is 143 Å². The van der Waals surface area contributed by atoms with Gasteiger partial charge in [-0.2, -0.15) is 0 Å². The van der Waals surface area contributed by atoms with E-state index in [4.69, 9.17) is 0 Å². The summed E-state index contributed by atoms with van der Waals surface area (Å²) in [6.45, 7) is 0. The number of carbonyl (C=O) groups is 1. The Morgan fingerprint density at radius 2 is 2.17 bits per heavy atom. The van der Waals surface area contributed by atoms with E-state index in [1.54, 1.807) is 16.7 Å². The van der Waals surface area contributed by atoms with E-state index in [9.17, 15) is 19.3 Å². The first kappa shape index (κ1) is 16.2. The van der Waals surface area contributed by atoms with Crippen LogP contribution in [0.25, 0.3) is 9.88 Å². The lowest BCUT2D eigenvalue weighted by Crippen LogP contribution is -2.15. The number of hydrogen-bond acceptors (Lipinski definition) is 6. The summed E-state index contributed by atoms with van der Waals surface area (Å²) in [5.41, 5.74) is 0.0509. The maximum atomic E-state index is 13.7. The highest BCUT2D eigenvalue weighted by Gasteiger charge is 2.15. The normalized spacial score (nSPS) is 10.5. The Morgan fingerprint density at radius 3 is 2.88 bits per heavy atom. The SMILES string of the molecule is O=C(Cc1csc(-c2cccs2)n1)Nc1cc([N+](=O)[O-])ccc1F. The molecule has 0 saturated carbocycles. The minimum Gasteiger partial charge on any atom is -0.323 e. The molecule has 6 nitrogen and oxygen atoms in total. The third-order valence-corrected chi connectivity index (χ3v) is 4.99. The van der Waals surface area contributed by atoms with E-state index in [1.807, 2.05) is 17.5 Å². The second kappa shape index (κ2) is 6.85. The molecular weight excluding hydrogens is 353 g/mol. The van der Waals surface area contributed by atoms with E-state index in [0.29, 0.717) is 5.69 Å². The molecule has 0 aliphatic carbocycles. The van der Waals surface area contributed by atoms with Gasteiger partial charge in [0.05, 0.1) is 27.6 Å². The number of amides is 1. The Kier molecular flexibility index (Phi) is 4.63. The van der Waals surface area contributed by atoms with Crippen LogP contribution in [-0.4, -0.2) is 15.8 Å². The van der Waals surface area contributed by atoms with Crippen LogP contribution in [-0.2, 0) is 11.2 Å². The number of nitro benzene ring substituents is 1. The van der Waals surface area contributed by atoms with Crippen LogP contribution in [0.5, 0.6) is 0 Å². The van der Waals surface area contributed by atoms with Gasteiger partial charge in [-0.15, -0.1) is 22.7 Å². The number of non-ortho nitro benzene ring substituents is 1. The van der Waals surface area contributed by atoms with Gasteiger partial charge in [0.1, 0.15) is 10.8 Å². The Bertz CT molecular complexity index is 893. The fourth-order valence-corrected chi connectivity index (χ4v) is 3.62. The highest BCUT2D eigenvalue weighted by molar-refractivity contribution is 7.20. The molecule has 24 heavy (non-hydrogen) atoms. The van der Waals surface area contributed by atoms with E-state index in [0.717, 1.165) is 28.1 Å². The molecule has 0 atom stereocenters. The van der Waals surface area contributed by atoms with Crippen LogP contribution in [0.15, 0.2) is 41.1 Å². The predicted octanol–water partition coefficient (Wildman–Crippen LogP) is 4.10. The first-order chi connectivity index (χ1) is 11.5. The minimum absolute atomic E-state index is 0.0377. The number of halogens is 1. The largest absolute Gasteiger partial charge is 0.323 e. The summed E-state index contributed by atoms with van der Waals surface area (Å²) in [6.07, 6.45) is -0.0377. The molecule has 1 aromatic carbocycles. The standard InChI is InChI=1S/C15H10FN3O3S2/c16-11-4-3-10(19(21)22)7-12(11)18-14(20)6-9-8-24-15(17-9)13-2-1-5-23-13/h1-5,7-8H,6H2,(H,18,20). The van der Waals surface area contributed by atoms with Crippen molar-refractivity contribution < 1.29 is 14.1 Å². The molecular formula is C15H10FN3O3S2. The van der Waals surface area contributed by atoms with Gasteiger partial charge >= 0.3 is 0 Å². The van der Waals surface area contributed by atoms with Crippen molar-refractivity contribution in [3.05, 3.63) is 62.7 Å². The Balaban J connectivity index is 1.70. The molecule has 9 heteroatoms. The van der Waals surface area contributed by atoms with Crippen LogP contribution in [0.1, 0.15) is 5.69 Å². The predicted molar refractivity (Wildman–Crippen MR) is 90.8 cm³/mol. The lowest BCUT2D eigenvalue weighted by atomic mass is 10.2. The van der Waals surface area contributed by atoms with E-state index in [2.05, 4.69) is 10.3 Å². The van der Waals surface area contributed by atoms with E-state index >= 15 is 0 Å². The molecule has 2 aromatic heterocycles. The van der Waals surface area contributed by atoms with Crippen molar-refractivity contribution in [2.75, 3.05) is 5.32 Å². The summed E-state index contributed by atoms with van der Waals surface area (Å²) in [5, 5.41) is 17.6. The molecule has 0 unspecified atom stereocenters. The van der Waals surface area contributed by atoms with Gasteiger partial charge in [-0.05, 0) is 17.5 Å². The van der Waals surface area contributed by atoms with Gasteiger partial charge in [0.2, 0.25) is 5.91 Å². The maximum Gasteiger partial charge on any atom is 0.271 e. The van der Waals surface area contributed by atoms with Crippen molar-refractivity contribution in [1.82, 2.24) is 4.98 Å². The van der Waals surface area contributed by atoms with Gasteiger partial charge in [0, 0.05) is 17.5 Å².